The Bertz CT molecular complexity index is 579. The van der Waals surface area contributed by atoms with Gasteiger partial charge in [-0.05, 0) is 38.5 Å². The maximum Gasteiger partial charge on any atom is 0.311 e. The molecule has 4 nitrogen and oxygen atoms in total. The number of carbonyl (C=O) groups is 1. The quantitative estimate of drug-likeness (QED) is 0.415. The number of methoxy groups -OCH3 is 1. The molecule has 138 valence electrons. The molecule has 0 heterocycles. The molecule has 1 aromatic rings. The normalized spacial score (nSPS) is 24.8. The lowest BCUT2D eigenvalue weighted by molar-refractivity contribution is -0.154. The van der Waals surface area contributed by atoms with E-state index in [9.17, 15) is 4.79 Å². The van der Waals surface area contributed by atoms with E-state index in [1.54, 1.807) is 0 Å². The number of carbonyl (C=O) groups excluding carboxylic acids is 1. The molecule has 4 atom stereocenters. The van der Waals surface area contributed by atoms with Crippen molar-refractivity contribution in [3.05, 3.63) is 48.0 Å². The Labute approximate surface area is 152 Å². The van der Waals surface area contributed by atoms with Crippen LogP contribution in [0.4, 0.5) is 0 Å². The molecule has 0 N–H and O–H groups in total. The highest BCUT2D eigenvalue weighted by Crippen LogP contribution is 2.34. The summed E-state index contributed by atoms with van der Waals surface area (Å²) in [5.74, 6) is -0.497. The number of benzene rings is 1. The molecule has 1 aromatic carbocycles. The molecule has 0 spiro atoms. The Morgan fingerprint density at radius 1 is 1.24 bits per heavy atom. The largest absolute Gasteiger partial charge is 0.469 e. The molecule has 0 aromatic heterocycles. The molecule has 0 fully saturated rings. The van der Waals surface area contributed by atoms with Crippen LogP contribution in [0.1, 0.15) is 18.9 Å². The summed E-state index contributed by atoms with van der Waals surface area (Å²) >= 11 is 0. The fourth-order valence-corrected chi connectivity index (χ4v) is 4.30. The molecule has 1 aliphatic carbocycles. The first-order valence-corrected chi connectivity index (χ1v) is 12.3. The number of allylic oxidation sites excluding steroid dienone is 1. The Hall–Kier alpha value is -1.43. The summed E-state index contributed by atoms with van der Waals surface area (Å²) in [6, 6.07) is 10.1. The fraction of sp³-hybridized carbons (Fsp3) is 0.550. The maximum atomic E-state index is 12.5. The van der Waals surface area contributed by atoms with Crippen LogP contribution in [-0.4, -0.2) is 33.6 Å². The van der Waals surface area contributed by atoms with Gasteiger partial charge in [-0.15, -0.1) is 0 Å². The SMILES string of the molecule is COC(=O)[C@@H]1[C@H]([C@@H](C)OCc2ccccc2)CC=C[C@H]1O[Si](C)(C)C. The number of hydrogen-bond donors (Lipinski definition) is 0. The molecular formula is C20H30O4Si. The highest BCUT2D eigenvalue weighted by molar-refractivity contribution is 6.69. The van der Waals surface area contributed by atoms with Gasteiger partial charge in [-0.25, -0.2) is 0 Å². The predicted molar refractivity (Wildman–Crippen MR) is 102 cm³/mol. The van der Waals surface area contributed by atoms with Gasteiger partial charge in [0.1, 0.15) is 0 Å². The summed E-state index contributed by atoms with van der Waals surface area (Å²) in [7, 11) is -0.337. The van der Waals surface area contributed by atoms with Crippen LogP contribution in [0, 0.1) is 11.8 Å². The topological polar surface area (TPSA) is 44.8 Å². The molecule has 0 amide bonds. The summed E-state index contributed by atoms with van der Waals surface area (Å²) in [6.07, 6.45) is 4.61. The summed E-state index contributed by atoms with van der Waals surface area (Å²) in [4.78, 5) is 12.5. The van der Waals surface area contributed by atoms with Crippen LogP contribution in [-0.2, 0) is 25.3 Å². The monoisotopic (exact) mass is 362 g/mol. The van der Waals surface area contributed by atoms with Crippen LogP contribution in [0.15, 0.2) is 42.5 Å². The van der Waals surface area contributed by atoms with E-state index in [2.05, 4.69) is 25.7 Å². The number of hydrogen-bond acceptors (Lipinski definition) is 4. The predicted octanol–water partition coefficient (Wildman–Crippen LogP) is 4.18. The van der Waals surface area contributed by atoms with Gasteiger partial charge in [0, 0.05) is 5.92 Å². The van der Waals surface area contributed by atoms with E-state index in [-0.39, 0.29) is 30.0 Å². The van der Waals surface area contributed by atoms with Gasteiger partial charge in [-0.3, -0.25) is 4.79 Å². The van der Waals surface area contributed by atoms with Crippen LogP contribution >= 0.6 is 0 Å². The summed E-state index contributed by atoms with van der Waals surface area (Å²) in [5, 5.41) is 0. The van der Waals surface area contributed by atoms with Crippen molar-refractivity contribution in [3.63, 3.8) is 0 Å². The first-order chi connectivity index (χ1) is 11.8. The molecule has 0 radical (unpaired) electrons. The molecular weight excluding hydrogens is 332 g/mol. The molecule has 0 aliphatic heterocycles. The van der Waals surface area contributed by atoms with Gasteiger partial charge in [0.15, 0.2) is 8.32 Å². The van der Waals surface area contributed by atoms with E-state index >= 15 is 0 Å². The summed E-state index contributed by atoms with van der Waals surface area (Å²) in [5.41, 5.74) is 1.13. The van der Waals surface area contributed by atoms with E-state index in [1.807, 2.05) is 43.3 Å². The van der Waals surface area contributed by atoms with E-state index < -0.39 is 8.32 Å². The van der Waals surface area contributed by atoms with Crippen LogP contribution in [0.2, 0.25) is 19.6 Å². The first-order valence-electron chi connectivity index (χ1n) is 8.89. The third-order valence-electron chi connectivity index (χ3n) is 4.47. The van der Waals surface area contributed by atoms with E-state index in [4.69, 9.17) is 13.9 Å². The lowest BCUT2D eigenvalue weighted by Gasteiger charge is -2.38. The zero-order chi connectivity index (χ0) is 18.4. The van der Waals surface area contributed by atoms with Crippen molar-refractivity contribution < 1.29 is 18.7 Å². The lowest BCUT2D eigenvalue weighted by Crippen LogP contribution is -2.46. The lowest BCUT2D eigenvalue weighted by atomic mass is 9.78. The standard InChI is InChI=1S/C20H30O4Si/c1-15(23-14-16-10-7-6-8-11-16)17-12-9-13-18(24-25(3,4)5)19(17)20(21)22-2/h6-11,13,15,17-19H,12,14H2,1-5H3/t15-,17+,18-,19-/m1/s1. The summed E-state index contributed by atoms with van der Waals surface area (Å²) < 4.78 is 17.4. The van der Waals surface area contributed by atoms with Crippen LogP contribution in [0.5, 0.6) is 0 Å². The van der Waals surface area contributed by atoms with Gasteiger partial charge in [0.2, 0.25) is 0 Å². The Morgan fingerprint density at radius 2 is 1.92 bits per heavy atom. The number of esters is 1. The second-order valence-corrected chi connectivity index (χ2v) is 12.0. The minimum atomic E-state index is -1.78. The fourth-order valence-electron chi connectivity index (χ4n) is 3.25. The van der Waals surface area contributed by atoms with Gasteiger partial charge < -0.3 is 13.9 Å². The van der Waals surface area contributed by atoms with Crippen molar-refractivity contribution in [3.8, 4) is 0 Å². The second-order valence-electron chi connectivity index (χ2n) is 7.57. The highest BCUT2D eigenvalue weighted by atomic mass is 28.4. The van der Waals surface area contributed by atoms with Crippen molar-refractivity contribution in [1.82, 2.24) is 0 Å². The van der Waals surface area contributed by atoms with Crippen molar-refractivity contribution in [2.75, 3.05) is 7.11 Å². The smallest absolute Gasteiger partial charge is 0.311 e. The Morgan fingerprint density at radius 3 is 2.52 bits per heavy atom. The van der Waals surface area contributed by atoms with Crippen molar-refractivity contribution >= 4 is 14.3 Å². The molecule has 0 unspecified atom stereocenters. The van der Waals surface area contributed by atoms with Gasteiger partial charge in [-0.2, -0.15) is 0 Å². The van der Waals surface area contributed by atoms with Gasteiger partial charge in [0.25, 0.3) is 0 Å². The van der Waals surface area contributed by atoms with Gasteiger partial charge in [-0.1, -0.05) is 42.5 Å². The molecule has 1 aliphatic rings. The number of ether oxygens (including phenoxy) is 2. The minimum Gasteiger partial charge on any atom is -0.469 e. The van der Waals surface area contributed by atoms with Crippen molar-refractivity contribution in [2.24, 2.45) is 11.8 Å². The van der Waals surface area contributed by atoms with Gasteiger partial charge in [0.05, 0.1) is 31.8 Å². The zero-order valence-corrected chi connectivity index (χ0v) is 16.9. The third-order valence-corrected chi connectivity index (χ3v) is 5.45. The molecule has 25 heavy (non-hydrogen) atoms. The van der Waals surface area contributed by atoms with Crippen molar-refractivity contribution in [2.45, 2.75) is 51.8 Å². The first kappa shape index (κ1) is 19.9. The van der Waals surface area contributed by atoms with Crippen LogP contribution in [0.25, 0.3) is 0 Å². The van der Waals surface area contributed by atoms with E-state index in [0.29, 0.717) is 6.61 Å². The average Bonchev–Trinajstić information content (AvgIpc) is 2.58. The van der Waals surface area contributed by atoms with E-state index in [0.717, 1.165) is 12.0 Å². The van der Waals surface area contributed by atoms with Crippen LogP contribution in [0.3, 0.4) is 0 Å². The highest BCUT2D eigenvalue weighted by Gasteiger charge is 2.42. The zero-order valence-electron chi connectivity index (χ0n) is 15.9. The molecule has 0 saturated heterocycles. The summed E-state index contributed by atoms with van der Waals surface area (Å²) in [6.45, 7) is 8.97. The molecule has 0 saturated carbocycles. The molecule has 5 heteroatoms. The van der Waals surface area contributed by atoms with Crippen LogP contribution < -0.4 is 0 Å². The minimum absolute atomic E-state index is 0.0440. The third kappa shape index (κ3) is 5.80. The number of rotatable bonds is 7. The maximum absolute atomic E-state index is 12.5. The molecule has 0 bridgehead atoms. The van der Waals surface area contributed by atoms with Crippen molar-refractivity contribution in [1.29, 1.82) is 0 Å². The Kier molecular flexibility index (Phi) is 6.99. The second kappa shape index (κ2) is 8.78. The molecule has 2 rings (SSSR count). The Balaban J connectivity index is 2.10. The average molecular weight is 363 g/mol. The van der Waals surface area contributed by atoms with Gasteiger partial charge >= 0.3 is 5.97 Å². The van der Waals surface area contributed by atoms with E-state index in [1.165, 1.54) is 7.11 Å².